The minimum atomic E-state index is -0.333. The number of hydrogen-bond acceptors (Lipinski definition) is 4. The summed E-state index contributed by atoms with van der Waals surface area (Å²) in [5.74, 6) is -0.192. The molecule has 0 bridgehead atoms. The number of aromatic amines is 1. The average molecular weight is 496 g/mol. The predicted octanol–water partition coefficient (Wildman–Crippen LogP) is 5.43. The Balaban J connectivity index is 1.54. The Morgan fingerprint density at radius 1 is 1.06 bits per heavy atom. The van der Waals surface area contributed by atoms with Gasteiger partial charge in [-0.2, -0.15) is 10.2 Å². The van der Waals surface area contributed by atoms with Crippen molar-refractivity contribution in [2.45, 2.75) is 19.4 Å². The van der Waals surface area contributed by atoms with E-state index in [1.54, 1.807) is 18.3 Å². The molecule has 0 aliphatic carbocycles. The van der Waals surface area contributed by atoms with Crippen LogP contribution in [0, 0.1) is 0 Å². The maximum absolute atomic E-state index is 13.5. The maximum Gasteiger partial charge on any atom is 0.258 e. The first kappa shape index (κ1) is 22.2. The molecule has 1 aliphatic rings. The lowest BCUT2D eigenvalue weighted by molar-refractivity contribution is -0.130. The summed E-state index contributed by atoms with van der Waals surface area (Å²) < 4.78 is 1.81. The quantitative estimate of drug-likeness (QED) is 0.362. The fraction of sp³-hybridized carbons (Fsp3) is 0.143. The maximum atomic E-state index is 13.5. The largest absolute Gasteiger partial charge is 0.321 e. The van der Waals surface area contributed by atoms with Gasteiger partial charge in [-0.1, -0.05) is 48.0 Å². The number of nitrogens with one attached hydrogen (secondary N) is 1. The number of pyridine rings is 1. The van der Waals surface area contributed by atoms with Crippen molar-refractivity contribution in [1.29, 1.82) is 0 Å². The molecule has 0 radical (unpaired) electrons. The zero-order chi connectivity index (χ0) is 25.0. The van der Waals surface area contributed by atoms with Crippen molar-refractivity contribution in [3.63, 3.8) is 0 Å². The third kappa shape index (κ3) is 3.60. The highest BCUT2D eigenvalue weighted by Gasteiger charge is 2.34. The topological polar surface area (TPSA) is 83.3 Å². The van der Waals surface area contributed by atoms with Gasteiger partial charge in [0.25, 0.3) is 5.56 Å². The summed E-state index contributed by atoms with van der Waals surface area (Å²) in [6.45, 7) is 1.49. The van der Waals surface area contributed by atoms with Crippen molar-refractivity contribution in [2.24, 2.45) is 12.1 Å². The third-order valence-corrected chi connectivity index (χ3v) is 6.95. The second-order valence-corrected chi connectivity index (χ2v) is 9.41. The van der Waals surface area contributed by atoms with Gasteiger partial charge in [0.05, 0.1) is 29.0 Å². The Labute approximate surface area is 211 Å². The van der Waals surface area contributed by atoms with Crippen molar-refractivity contribution in [1.82, 2.24) is 19.8 Å². The lowest BCUT2D eigenvalue weighted by atomic mass is 9.91. The monoisotopic (exact) mass is 495 g/mol. The van der Waals surface area contributed by atoms with Crippen molar-refractivity contribution in [3.8, 4) is 11.1 Å². The van der Waals surface area contributed by atoms with E-state index >= 15 is 0 Å². The molecule has 6 rings (SSSR count). The summed E-state index contributed by atoms with van der Waals surface area (Å²) >= 11 is 6.37. The van der Waals surface area contributed by atoms with Crippen molar-refractivity contribution >= 4 is 45.0 Å². The summed E-state index contributed by atoms with van der Waals surface area (Å²) in [6, 6.07) is 20.8. The van der Waals surface area contributed by atoms with E-state index in [0.717, 1.165) is 33.0 Å². The standard InChI is InChI=1S/C28H22ClN5O2/c1-16(35)34-25(18-8-11-24-19(12-18)15-30-33(24)2)14-23(32-34)27-26(17-6-4-3-5-7-17)21-13-20(29)9-10-22(21)31-28(27)36/h3-13,15,25H,14H2,1-2H3,(H,31,36). The highest BCUT2D eigenvalue weighted by molar-refractivity contribution is 6.31. The van der Waals surface area contributed by atoms with Gasteiger partial charge in [-0.15, -0.1) is 0 Å². The molecule has 3 heterocycles. The number of rotatable bonds is 3. The predicted molar refractivity (Wildman–Crippen MR) is 142 cm³/mol. The molecule has 7 nitrogen and oxygen atoms in total. The Kier molecular flexibility index (Phi) is 5.23. The molecular formula is C28H22ClN5O2. The van der Waals surface area contributed by atoms with Gasteiger partial charge in [-0.05, 0) is 41.5 Å². The second-order valence-electron chi connectivity index (χ2n) is 8.98. The lowest BCUT2D eigenvalue weighted by Crippen LogP contribution is -2.24. The highest BCUT2D eigenvalue weighted by atomic mass is 35.5. The molecule has 2 aromatic heterocycles. The molecule has 36 heavy (non-hydrogen) atoms. The summed E-state index contributed by atoms with van der Waals surface area (Å²) in [6.07, 6.45) is 2.21. The fourth-order valence-electron chi connectivity index (χ4n) is 5.05. The van der Waals surface area contributed by atoms with Crippen LogP contribution in [-0.4, -0.2) is 31.4 Å². The molecule has 178 valence electrons. The summed E-state index contributed by atoms with van der Waals surface area (Å²) in [5, 5.41) is 12.9. The van der Waals surface area contributed by atoms with E-state index in [1.165, 1.54) is 11.9 Å². The number of carbonyl (C=O) groups excluding carboxylic acids is 1. The Hall–Kier alpha value is -4.23. The van der Waals surface area contributed by atoms with Crippen LogP contribution in [0.2, 0.25) is 5.02 Å². The van der Waals surface area contributed by atoms with Gasteiger partial charge in [0.1, 0.15) is 0 Å². The van der Waals surface area contributed by atoms with Crippen LogP contribution in [0.15, 0.2) is 82.8 Å². The van der Waals surface area contributed by atoms with Gasteiger partial charge in [0, 0.05) is 47.3 Å². The summed E-state index contributed by atoms with van der Waals surface area (Å²) in [5.41, 5.74) is 5.01. The van der Waals surface area contributed by atoms with E-state index in [2.05, 4.69) is 10.1 Å². The third-order valence-electron chi connectivity index (χ3n) is 6.72. The Bertz CT molecular complexity index is 1750. The zero-order valence-corrected chi connectivity index (χ0v) is 20.5. The number of halogens is 1. The number of aromatic nitrogens is 3. The van der Waals surface area contributed by atoms with Gasteiger partial charge in [-0.25, -0.2) is 5.01 Å². The molecule has 5 aromatic rings. The van der Waals surface area contributed by atoms with E-state index in [-0.39, 0.29) is 17.5 Å². The average Bonchev–Trinajstić information content (AvgIpc) is 3.48. The van der Waals surface area contributed by atoms with E-state index in [9.17, 15) is 9.59 Å². The van der Waals surface area contributed by atoms with Crippen LogP contribution in [0.5, 0.6) is 0 Å². The van der Waals surface area contributed by atoms with Crippen LogP contribution in [0.3, 0.4) is 0 Å². The molecule has 8 heteroatoms. The molecule has 0 saturated heterocycles. The Morgan fingerprint density at radius 2 is 1.86 bits per heavy atom. The van der Waals surface area contributed by atoms with Crippen LogP contribution in [0.25, 0.3) is 32.9 Å². The number of hydrogen-bond donors (Lipinski definition) is 1. The molecule has 0 fully saturated rings. The molecule has 0 spiro atoms. The number of amides is 1. The number of H-pyrrole nitrogens is 1. The number of nitrogens with zero attached hydrogens (tertiary/aromatic N) is 4. The summed E-state index contributed by atoms with van der Waals surface area (Å²) in [7, 11) is 1.89. The first-order valence-corrected chi connectivity index (χ1v) is 12.0. The molecular weight excluding hydrogens is 474 g/mol. The van der Waals surface area contributed by atoms with Gasteiger partial charge < -0.3 is 4.98 Å². The number of aryl methyl sites for hydroxylation is 1. The van der Waals surface area contributed by atoms with Gasteiger partial charge in [0.2, 0.25) is 5.91 Å². The van der Waals surface area contributed by atoms with Crippen LogP contribution in [0.4, 0.5) is 0 Å². The fourth-order valence-corrected chi connectivity index (χ4v) is 5.22. The molecule has 3 aromatic carbocycles. The number of hydrazone groups is 1. The Morgan fingerprint density at radius 3 is 2.64 bits per heavy atom. The van der Waals surface area contributed by atoms with E-state index in [4.69, 9.17) is 16.7 Å². The number of fused-ring (bicyclic) bond motifs is 2. The van der Waals surface area contributed by atoms with Crippen molar-refractivity contribution in [2.75, 3.05) is 0 Å². The van der Waals surface area contributed by atoms with E-state index in [1.807, 2.05) is 66.3 Å². The molecule has 1 aliphatic heterocycles. The van der Waals surface area contributed by atoms with E-state index in [0.29, 0.717) is 28.2 Å². The van der Waals surface area contributed by atoms with Crippen LogP contribution in [0.1, 0.15) is 30.5 Å². The normalized spacial score (nSPS) is 15.6. The van der Waals surface area contributed by atoms with Crippen LogP contribution < -0.4 is 5.56 Å². The first-order chi connectivity index (χ1) is 17.4. The van der Waals surface area contributed by atoms with Gasteiger partial charge >= 0.3 is 0 Å². The van der Waals surface area contributed by atoms with Crippen molar-refractivity contribution in [3.05, 3.63) is 99.4 Å². The minimum Gasteiger partial charge on any atom is -0.321 e. The molecule has 1 amide bonds. The molecule has 1 atom stereocenters. The number of carbonyl (C=O) groups is 1. The van der Waals surface area contributed by atoms with Crippen molar-refractivity contribution < 1.29 is 4.79 Å². The zero-order valence-electron chi connectivity index (χ0n) is 19.7. The van der Waals surface area contributed by atoms with E-state index < -0.39 is 0 Å². The first-order valence-electron chi connectivity index (χ1n) is 11.6. The van der Waals surface area contributed by atoms with Gasteiger partial charge in [0.15, 0.2) is 0 Å². The van der Waals surface area contributed by atoms with Gasteiger partial charge in [-0.3, -0.25) is 14.3 Å². The second kappa shape index (κ2) is 8.46. The highest BCUT2D eigenvalue weighted by Crippen LogP contribution is 2.38. The molecule has 0 saturated carbocycles. The minimum absolute atomic E-state index is 0.192. The smallest absolute Gasteiger partial charge is 0.258 e. The molecule has 1 N–H and O–H groups in total. The number of benzene rings is 3. The lowest BCUT2D eigenvalue weighted by Gasteiger charge is -2.20. The molecule has 1 unspecified atom stereocenters. The summed E-state index contributed by atoms with van der Waals surface area (Å²) in [4.78, 5) is 29.2. The SMILES string of the molecule is CC(=O)N1N=C(c2c(-c3ccccc3)c3cc(Cl)ccc3[nH]c2=O)CC1c1ccc2c(cnn2C)c1. The van der Waals surface area contributed by atoms with Crippen LogP contribution in [-0.2, 0) is 11.8 Å². The van der Waals surface area contributed by atoms with Crippen LogP contribution >= 0.6 is 11.6 Å².